The van der Waals surface area contributed by atoms with Gasteiger partial charge in [-0.15, -0.1) is 0 Å². The van der Waals surface area contributed by atoms with Gasteiger partial charge in [-0.3, -0.25) is 0 Å². The molecule has 0 saturated carbocycles. The van der Waals surface area contributed by atoms with E-state index in [1.165, 1.54) is 16.7 Å². The zero-order valence-electron chi connectivity index (χ0n) is 12.9. The van der Waals surface area contributed by atoms with Crippen LogP contribution in [0.2, 0.25) is 0 Å². The van der Waals surface area contributed by atoms with Gasteiger partial charge in [0.15, 0.2) is 0 Å². The second-order valence-electron chi connectivity index (χ2n) is 5.13. The quantitative estimate of drug-likeness (QED) is 0.841. The lowest BCUT2D eigenvalue weighted by Crippen LogP contribution is -2.18. The van der Waals surface area contributed by atoms with Gasteiger partial charge in [0, 0.05) is 19.7 Å². The molecular weight excluding hydrogens is 262 g/mol. The SMILES string of the molecule is COCc1ccc(CN[C@H](C)c2ccc(OC)cc2)cc1. The minimum atomic E-state index is 0.301. The normalized spacial score (nSPS) is 12.1. The van der Waals surface area contributed by atoms with Crippen molar-refractivity contribution in [2.24, 2.45) is 0 Å². The van der Waals surface area contributed by atoms with Gasteiger partial charge in [-0.1, -0.05) is 36.4 Å². The van der Waals surface area contributed by atoms with E-state index in [2.05, 4.69) is 48.6 Å². The van der Waals surface area contributed by atoms with Gasteiger partial charge in [-0.25, -0.2) is 0 Å². The van der Waals surface area contributed by atoms with Crippen molar-refractivity contribution in [1.82, 2.24) is 5.32 Å². The Kier molecular flexibility index (Phi) is 5.78. The summed E-state index contributed by atoms with van der Waals surface area (Å²) in [4.78, 5) is 0. The summed E-state index contributed by atoms with van der Waals surface area (Å²) in [6.45, 7) is 3.68. The first-order valence-electron chi connectivity index (χ1n) is 7.17. The highest BCUT2D eigenvalue weighted by Gasteiger charge is 2.05. The maximum absolute atomic E-state index is 5.18. The van der Waals surface area contributed by atoms with Crippen LogP contribution in [0, 0.1) is 0 Å². The van der Waals surface area contributed by atoms with Gasteiger partial charge >= 0.3 is 0 Å². The fraction of sp³-hybridized carbons (Fsp3) is 0.333. The molecule has 2 aromatic carbocycles. The van der Waals surface area contributed by atoms with Crippen molar-refractivity contribution in [3.63, 3.8) is 0 Å². The Balaban J connectivity index is 1.88. The Morgan fingerprint density at radius 3 is 2.10 bits per heavy atom. The van der Waals surface area contributed by atoms with E-state index in [-0.39, 0.29) is 0 Å². The van der Waals surface area contributed by atoms with Crippen LogP contribution in [0.4, 0.5) is 0 Å². The molecule has 3 heteroatoms. The summed E-state index contributed by atoms with van der Waals surface area (Å²) in [5.41, 5.74) is 3.73. The molecule has 0 radical (unpaired) electrons. The first kappa shape index (κ1) is 15.5. The summed E-state index contributed by atoms with van der Waals surface area (Å²) < 4.78 is 10.3. The zero-order valence-corrected chi connectivity index (χ0v) is 12.9. The Hall–Kier alpha value is -1.84. The molecule has 21 heavy (non-hydrogen) atoms. The van der Waals surface area contributed by atoms with Crippen LogP contribution in [-0.2, 0) is 17.9 Å². The number of methoxy groups -OCH3 is 2. The third-order valence-corrected chi connectivity index (χ3v) is 3.56. The number of nitrogens with one attached hydrogen (secondary N) is 1. The smallest absolute Gasteiger partial charge is 0.118 e. The number of rotatable bonds is 7. The number of hydrogen-bond acceptors (Lipinski definition) is 3. The third-order valence-electron chi connectivity index (χ3n) is 3.56. The highest BCUT2D eigenvalue weighted by molar-refractivity contribution is 5.29. The average Bonchev–Trinajstić information content (AvgIpc) is 2.54. The summed E-state index contributed by atoms with van der Waals surface area (Å²) in [7, 11) is 3.40. The molecule has 3 nitrogen and oxygen atoms in total. The summed E-state index contributed by atoms with van der Waals surface area (Å²) >= 11 is 0. The van der Waals surface area contributed by atoms with Crippen molar-refractivity contribution in [3.8, 4) is 5.75 Å². The molecule has 0 saturated heterocycles. The molecule has 2 aromatic rings. The lowest BCUT2D eigenvalue weighted by Gasteiger charge is -2.15. The molecule has 0 spiro atoms. The van der Waals surface area contributed by atoms with Crippen LogP contribution in [0.25, 0.3) is 0 Å². The zero-order chi connectivity index (χ0) is 15.1. The van der Waals surface area contributed by atoms with Crippen molar-refractivity contribution >= 4 is 0 Å². The van der Waals surface area contributed by atoms with Crippen molar-refractivity contribution in [2.75, 3.05) is 14.2 Å². The molecule has 0 bridgehead atoms. The monoisotopic (exact) mass is 285 g/mol. The average molecular weight is 285 g/mol. The molecule has 0 aromatic heterocycles. The van der Waals surface area contributed by atoms with Crippen LogP contribution >= 0.6 is 0 Å². The van der Waals surface area contributed by atoms with Crippen LogP contribution in [-0.4, -0.2) is 14.2 Å². The largest absolute Gasteiger partial charge is 0.497 e. The van der Waals surface area contributed by atoms with E-state index < -0.39 is 0 Å². The first-order chi connectivity index (χ1) is 10.2. The molecular formula is C18H23NO2. The molecule has 0 aliphatic carbocycles. The van der Waals surface area contributed by atoms with Gasteiger partial charge in [0.2, 0.25) is 0 Å². The van der Waals surface area contributed by atoms with Crippen LogP contribution in [0.15, 0.2) is 48.5 Å². The van der Waals surface area contributed by atoms with Crippen LogP contribution in [0.5, 0.6) is 5.75 Å². The van der Waals surface area contributed by atoms with Gasteiger partial charge in [0.05, 0.1) is 13.7 Å². The summed E-state index contributed by atoms with van der Waals surface area (Å²) in [5.74, 6) is 0.889. The number of benzene rings is 2. The van der Waals surface area contributed by atoms with Crippen molar-refractivity contribution in [3.05, 3.63) is 65.2 Å². The minimum absolute atomic E-state index is 0.301. The molecule has 0 fully saturated rings. The first-order valence-corrected chi connectivity index (χ1v) is 7.17. The van der Waals surface area contributed by atoms with E-state index in [9.17, 15) is 0 Å². The lowest BCUT2D eigenvalue weighted by molar-refractivity contribution is 0.185. The van der Waals surface area contributed by atoms with E-state index in [1.807, 2.05) is 12.1 Å². The molecule has 0 aliphatic rings. The van der Waals surface area contributed by atoms with Crippen LogP contribution in [0.3, 0.4) is 0 Å². The fourth-order valence-electron chi connectivity index (χ4n) is 2.20. The molecule has 0 amide bonds. The van der Waals surface area contributed by atoms with E-state index in [4.69, 9.17) is 9.47 Å². The second kappa shape index (κ2) is 7.81. The van der Waals surface area contributed by atoms with Gasteiger partial charge in [0.1, 0.15) is 5.75 Å². The minimum Gasteiger partial charge on any atom is -0.497 e. The Labute approximate surface area is 126 Å². The summed E-state index contributed by atoms with van der Waals surface area (Å²) in [6, 6.07) is 17.0. The van der Waals surface area contributed by atoms with Gasteiger partial charge in [-0.2, -0.15) is 0 Å². The predicted molar refractivity (Wildman–Crippen MR) is 85.4 cm³/mol. The predicted octanol–water partition coefficient (Wildman–Crippen LogP) is 3.69. The third kappa shape index (κ3) is 4.59. The highest BCUT2D eigenvalue weighted by atomic mass is 16.5. The van der Waals surface area contributed by atoms with Crippen molar-refractivity contribution < 1.29 is 9.47 Å². The topological polar surface area (TPSA) is 30.5 Å². The molecule has 0 unspecified atom stereocenters. The Morgan fingerprint density at radius 1 is 0.905 bits per heavy atom. The van der Waals surface area contributed by atoms with E-state index in [0.29, 0.717) is 12.6 Å². The van der Waals surface area contributed by atoms with E-state index >= 15 is 0 Å². The van der Waals surface area contributed by atoms with Gasteiger partial charge in [-0.05, 0) is 35.7 Å². The van der Waals surface area contributed by atoms with Crippen LogP contribution < -0.4 is 10.1 Å². The molecule has 1 atom stereocenters. The number of ether oxygens (including phenoxy) is 2. The molecule has 2 rings (SSSR count). The molecule has 0 heterocycles. The Morgan fingerprint density at radius 2 is 1.52 bits per heavy atom. The molecule has 1 N–H and O–H groups in total. The molecule has 112 valence electrons. The summed E-state index contributed by atoms with van der Waals surface area (Å²) in [5, 5.41) is 3.53. The van der Waals surface area contributed by atoms with E-state index in [1.54, 1.807) is 14.2 Å². The maximum Gasteiger partial charge on any atom is 0.118 e. The van der Waals surface area contributed by atoms with Crippen LogP contribution in [0.1, 0.15) is 29.7 Å². The lowest BCUT2D eigenvalue weighted by atomic mass is 10.1. The molecule has 0 aliphatic heterocycles. The van der Waals surface area contributed by atoms with E-state index in [0.717, 1.165) is 12.3 Å². The standard InChI is InChI=1S/C18H23NO2/c1-14(17-8-10-18(21-3)11-9-17)19-12-15-4-6-16(7-5-15)13-20-2/h4-11,14,19H,12-13H2,1-3H3/t14-/m1/s1. The van der Waals surface area contributed by atoms with Crippen molar-refractivity contribution in [1.29, 1.82) is 0 Å². The maximum atomic E-state index is 5.18. The second-order valence-corrected chi connectivity index (χ2v) is 5.13. The fourth-order valence-corrected chi connectivity index (χ4v) is 2.20. The number of hydrogen-bond donors (Lipinski definition) is 1. The van der Waals surface area contributed by atoms with Crippen molar-refractivity contribution in [2.45, 2.75) is 26.1 Å². The van der Waals surface area contributed by atoms with Gasteiger partial charge in [0.25, 0.3) is 0 Å². The summed E-state index contributed by atoms with van der Waals surface area (Å²) in [6.07, 6.45) is 0. The highest BCUT2D eigenvalue weighted by Crippen LogP contribution is 2.17. The Bertz CT molecular complexity index is 534. The van der Waals surface area contributed by atoms with Gasteiger partial charge < -0.3 is 14.8 Å².